The number of aromatic hydroxyl groups is 1. The van der Waals surface area contributed by atoms with Crippen molar-refractivity contribution in [2.75, 3.05) is 5.32 Å². The van der Waals surface area contributed by atoms with Crippen molar-refractivity contribution in [1.29, 1.82) is 0 Å². The van der Waals surface area contributed by atoms with Crippen LogP contribution in [0.4, 0.5) is 5.69 Å². The summed E-state index contributed by atoms with van der Waals surface area (Å²) in [5, 5.41) is 25.2. The van der Waals surface area contributed by atoms with Crippen LogP contribution in [0.3, 0.4) is 0 Å². The Morgan fingerprint density at radius 1 is 0.949 bits per heavy atom. The van der Waals surface area contributed by atoms with Crippen molar-refractivity contribution < 1.29 is 19.8 Å². The number of nitrogens with one attached hydrogen (secondary N) is 1. The van der Waals surface area contributed by atoms with Crippen LogP contribution in [0.2, 0.25) is 0 Å². The van der Waals surface area contributed by atoms with E-state index >= 15 is 0 Å². The van der Waals surface area contributed by atoms with Crippen LogP contribution in [-0.4, -0.2) is 26.7 Å². The summed E-state index contributed by atoms with van der Waals surface area (Å²) in [6.07, 6.45) is 8.21. The van der Waals surface area contributed by atoms with Crippen molar-refractivity contribution in [1.82, 2.24) is 4.57 Å². The fraction of sp³-hybridized carbons (Fsp3) is 0.333. The molecule has 0 spiro atoms. The van der Waals surface area contributed by atoms with E-state index in [2.05, 4.69) is 29.6 Å². The van der Waals surface area contributed by atoms with Crippen molar-refractivity contribution in [3.8, 4) is 5.88 Å². The second kappa shape index (κ2) is 10.3. The van der Waals surface area contributed by atoms with Gasteiger partial charge in [-0.3, -0.25) is 9.59 Å². The molecular formula is C33H34N2O4. The molecule has 39 heavy (non-hydrogen) atoms. The Balaban J connectivity index is 1.20. The fourth-order valence-electron chi connectivity index (χ4n) is 6.26. The Labute approximate surface area is 228 Å². The molecule has 1 amide bonds. The van der Waals surface area contributed by atoms with Gasteiger partial charge in [0.15, 0.2) is 5.88 Å². The number of anilines is 1. The highest BCUT2D eigenvalue weighted by Gasteiger charge is 2.50. The Morgan fingerprint density at radius 2 is 1.69 bits per heavy atom. The van der Waals surface area contributed by atoms with Crippen LogP contribution in [0.1, 0.15) is 61.1 Å². The lowest BCUT2D eigenvalue weighted by molar-refractivity contribution is -0.143. The highest BCUT2D eigenvalue weighted by atomic mass is 16.4. The summed E-state index contributed by atoms with van der Waals surface area (Å²) in [4.78, 5) is 25.3. The number of carbonyl (C=O) groups is 2. The minimum Gasteiger partial charge on any atom is -0.494 e. The number of aromatic nitrogens is 1. The van der Waals surface area contributed by atoms with Gasteiger partial charge in [-0.2, -0.15) is 0 Å². The molecule has 3 aromatic carbocycles. The topological polar surface area (TPSA) is 91.6 Å². The van der Waals surface area contributed by atoms with Gasteiger partial charge in [0.05, 0.1) is 17.9 Å². The smallest absolute Gasteiger partial charge is 0.309 e. The van der Waals surface area contributed by atoms with E-state index in [-0.39, 0.29) is 17.7 Å². The molecule has 200 valence electrons. The van der Waals surface area contributed by atoms with Crippen LogP contribution in [0, 0.1) is 11.3 Å². The molecule has 2 saturated carbocycles. The van der Waals surface area contributed by atoms with Gasteiger partial charge in [0.2, 0.25) is 5.91 Å². The highest BCUT2D eigenvalue weighted by Crippen LogP contribution is 2.48. The zero-order valence-corrected chi connectivity index (χ0v) is 22.0. The van der Waals surface area contributed by atoms with E-state index in [9.17, 15) is 19.8 Å². The molecule has 6 rings (SSSR count). The number of carboxylic acids is 1. The number of nitrogens with zero attached hydrogens (tertiary/aromatic N) is 1. The van der Waals surface area contributed by atoms with Crippen molar-refractivity contribution in [3.63, 3.8) is 0 Å². The van der Waals surface area contributed by atoms with E-state index in [0.29, 0.717) is 37.4 Å². The Hall–Kier alpha value is -4.06. The second-order valence-electron chi connectivity index (χ2n) is 11.4. The quantitative estimate of drug-likeness (QED) is 0.228. The predicted octanol–water partition coefficient (Wildman–Crippen LogP) is 6.72. The summed E-state index contributed by atoms with van der Waals surface area (Å²) in [7, 11) is 0. The Morgan fingerprint density at radius 3 is 2.38 bits per heavy atom. The first-order valence-corrected chi connectivity index (χ1v) is 13.9. The molecule has 1 heterocycles. The van der Waals surface area contributed by atoms with Gasteiger partial charge >= 0.3 is 5.97 Å². The molecule has 0 aliphatic heterocycles. The molecule has 2 aliphatic rings. The first kappa shape index (κ1) is 25.2. The highest BCUT2D eigenvalue weighted by molar-refractivity contribution is 5.96. The first-order chi connectivity index (χ1) is 18.9. The van der Waals surface area contributed by atoms with E-state index in [1.807, 2.05) is 59.3 Å². The van der Waals surface area contributed by atoms with Gasteiger partial charge in [-0.15, -0.1) is 0 Å². The molecule has 3 N–H and O–H groups in total. The summed E-state index contributed by atoms with van der Waals surface area (Å²) in [5.74, 6) is -0.445. The minimum absolute atomic E-state index is 0.0135. The van der Waals surface area contributed by atoms with Gasteiger partial charge in [-0.1, -0.05) is 67.4 Å². The van der Waals surface area contributed by atoms with E-state index in [0.717, 1.165) is 53.1 Å². The van der Waals surface area contributed by atoms with Crippen molar-refractivity contribution in [2.45, 2.75) is 57.4 Å². The van der Waals surface area contributed by atoms with E-state index in [1.165, 1.54) is 0 Å². The lowest BCUT2D eigenvalue weighted by Gasteiger charge is -2.24. The van der Waals surface area contributed by atoms with Gasteiger partial charge in [0.1, 0.15) is 0 Å². The zero-order valence-electron chi connectivity index (χ0n) is 22.0. The number of rotatable bonds is 9. The van der Waals surface area contributed by atoms with Crippen LogP contribution in [0.15, 0.2) is 79.0 Å². The van der Waals surface area contributed by atoms with Gasteiger partial charge in [0, 0.05) is 22.7 Å². The molecule has 2 fully saturated rings. The number of carboxylic acid groups (broad SMARTS) is 1. The molecule has 0 unspecified atom stereocenters. The summed E-state index contributed by atoms with van der Waals surface area (Å²) in [6.45, 7) is 0.547. The predicted molar refractivity (Wildman–Crippen MR) is 152 cm³/mol. The number of carbonyl (C=O) groups excluding carboxylic acids is 1. The number of aliphatic carboxylic acids is 1. The van der Waals surface area contributed by atoms with Crippen molar-refractivity contribution >= 4 is 28.3 Å². The van der Waals surface area contributed by atoms with Crippen LogP contribution < -0.4 is 5.32 Å². The summed E-state index contributed by atoms with van der Waals surface area (Å²) >= 11 is 0. The molecular weight excluding hydrogens is 488 g/mol. The molecule has 4 aromatic rings. The number of hydrogen-bond donors (Lipinski definition) is 3. The third-order valence-corrected chi connectivity index (χ3v) is 8.66. The third kappa shape index (κ3) is 5.16. The molecule has 6 nitrogen and oxygen atoms in total. The number of benzene rings is 3. The Bertz CT molecular complexity index is 1510. The van der Waals surface area contributed by atoms with Crippen LogP contribution in [0.5, 0.6) is 5.88 Å². The van der Waals surface area contributed by atoms with E-state index in [4.69, 9.17) is 0 Å². The van der Waals surface area contributed by atoms with Crippen molar-refractivity contribution in [3.05, 3.63) is 95.7 Å². The fourth-order valence-corrected chi connectivity index (χ4v) is 6.26. The normalized spacial score (nSPS) is 17.2. The van der Waals surface area contributed by atoms with Crippen LogP contribution in [-0.2, 0) is 22.6 Å². The number of hydrogen-bond acceptors (Lipinski definition) is 3. The maximum absolute atomic E-state index is 13.7. The van der Waals surface area contributed by atoms with E-state index in [1.54, 1.807) is 0 Å². The molecule has 1 atom stereocenters. The van der Waals surface area contributed by atoms with Gasteiger partial charge in [-0.25, -0.2) is 0 Å². The van der Waals surface area contributed by atoms with Gasteiger partial charge in [-0.05, 0) is 72.9 Å². The molecule has 0 saturated heterocycles. The SMILES string of the molecule is O=C(Nc1cccc(CC2(C(=O)O)CC2)c1)[C@H](c1ccc(Cn2cc3ccccc3c2O)cc1)C1CCCC1. The maximum atomic E-state index is 13.7. The lowest BCUT2D eigenvalue weighted by Crippen LogP contribution is -2.26. The van der Waals surface area contributed by atoms with E-state index < -0.39 is 11.4 Å². The minimum atomic E-state index is -0.734. The maximum Gasteiger partial charge on any atom is 0.309 e. The summed E-state index contributed by atoms with van der Waals surface area (Å²) < 4.78 is 1.85. The van der Waals surface area contributed by atoms with Crippen LogP contribution in [0.25, 0.3) is 10.8 Å². The molecule has 0 radical (unpaired) electrons. The molecule has 1 aromatic heterocycles. The Kier molecular flexibility index (Phi) is 6.63. The second-order valence-corrected chi connectivity index (χ2v) is 11.4. The average molecular weight is 523 g/mol. The lowest BCUT2D eigenvalue weighted by atomic mass is 9.83. The average Bonchev–Trinajstić information content (AvgIpc) is 3.39. The largest absolute Gasteiger partial charge is 0.494 e. The van der Waals surface area contributed by atoms with Crippen molar-refractivity contribution in [2.24, 2.45) is 11.3 Å². The first-order valence-electron chi connectivity index (χ1n) is 13.9. The summed E-state index contributed by atoms with van der Waals surface area (Å²) in [5.41, 5.74) is 3.08. The standard InChI is InChI=1S/C33H34N2O4/c36-30(34-27-10-5-6-23(18-27)19-33(16-17-33)32(38)39)29(24-7-1-2-8-24)25-14-12-22(13-15-25)20-35-21-26-9-3-4-11-28(26)31(35)37/h3-6,9-15,18,21,24,29,37H,1-2,7-8,16-17,19-20H2,(H,34,36)(H,38,39)/t29-/m0/s1. The monoisotopic (exact) mass is 522 g/mol. The van der Waals surface area contributed by atoms with Gasteiger partial charge in [0.25, 0.3) is 0 Å². The third-order valence-electron chi connectivity index (χ3n) is 8.66. The molecule has 2 aliphatic carbocycles. The summed E-state index contributed by atoms with van der Waals surface area (Å²) in [6, 6.07) is 23.6. The molecule has 0 bridgehead atoms. The number of fused-ring (bicyclic) bond motifs is 1. The number of amides is 1. The zero-order chi connectivity index (χ0) is 27.0. The van der Waals surface area contributed by atoms with Crippen LogP contribution >= 0.6 is 0 Å². The van der Waals surface area contributed by atoms with Gasteiger partial charge < -0.3 is 20.1 Å². The molecule has 6 heteroatoms.